The van der Waals surface area contributed by atoms with Crippen LogP contribution in [0.25, 0.3) is 0 Å². The Morgan fingerprint density at radius 1 is 1.08 bits per heavy atom. The van der Waals surface area contributed by atoms with E-state index in [1.165, 1.54) is 0 Å². The van der Waals surface area contributed by atoms with Crippen molar-refractivity contribution >= 4 is 14.3 Å². The van der Waals surface area contributed by atoms with E-state index in [0.29, 0.717) is 6.42 Å². The standard InChI is InChI=1S/C20H40O4Si/c1-10-16-13-17(11-15(21)12-18(22)14(2)3)24-25(23-16,19(4,5)6)20(7,8)9/h14,16-18,22H,10-13H2,1-9H3/t16-,17-,18-/m1/s1. The molecule has 1 aliphatic rings. The van der Waals surface area contributed by atoms with Gasteiger partial charge in [-0.15, -0.1) is 0 Å². The molecule has 4 nitrogen and oxygen atoms in total. The highest BCUT2D eigenvalue weighted by Gasteiger charge is 2.61. The number of hydrogen-bond donors (Lipinski definition) is 1. The van der Waals surface area contributed by atoms with Gasteiger partial charge in [-0.3, -0.25) is 4.79 Å². The number of aliphatic hydroxyl groups excluding tert-OH is 1. The van der Waals surface area contributed by atoms with Crippen LogP contribution in [0.5, 0.6) is 0 Å². The zero-order chi connectivity index (χ0) is 19.6. The van der Waals surface area contributed by atoms with Crippen LogP contribution >= 0.6 is 0 Å². The average molecular weight is 373 g/mol. The molecule has 0 aromatic heterocycles. The van der Waals surface area contributed by atoms with Gasteiger partial charge in [-0.05, 0) is 18.8 Å². The largest absolute Gasteiger partial charge is 0.392 e. The minimum atomic E-state index is -2.58. The van der Waals surface area contributed by atoms with E-state index in [1.807, 2.05) is 13.8 Å². The van der Waals surface area contributed by atoms with E-state index < -0.39 is 14.7 Å². The number of carbonyl (C=O) groups is 1. The van der Waals surface area contributed by atoms with Gasteiger partial charge in [-0.2, -0.15) is 0 Å². The Hall–Kier alpha value is -0.233. The van der Waals surface area contributed by atoms with Crippen LogP contribution in [0.2, 0.25) is 10.1 Å². The minimum Gasteiger partial charge on any atom is -0.392 e. The first-order chi connectivity index (χ1) is 11.2. The number of ketones is 1. The molecule has 0 aromatic carbocycles. The first-order valence-electron chi connectivity index (χ1n) is 9.79. The van der Waals surface area contributed by atoms with Crippen molar-refractivity contribution < 1.29 is 18.8 Å². The first kappa shape index (κ1) is 22.8. The number of carbonyl (C=O) groups excluding carboxylic acids is 1. The zero-order valence-corrected chi connectivity index (χ0v) is 18.8. The van der Waals surface area contributed by atoms with Crippen molar-refractivity contribution in [1.82, 2.24) is 0 Å². The lowest BCUT2D eigenvalue weighted by Gasteiger charge is -2.55. The maximum absolute atomic E-state index is 12.5. The topological polar surface area (TPSA) is 55.8 Å². The molecule has 0 saturated carbocycles. The molecule has 5 heteroatoms. The lowest BCUT2D eigenvalue weighted by Crippen LogP contribution is -2.63. The van der Waals surface area contributed by atoms with Gasteiger partial charge in [-0.25, -0.2) is 0 Å². The van der Waals surface area contributed by atoms with Crippen LogP contribution < -0.4 is 0 Å². The van der Waals surface area contributed by atoms with Crippen LogP contribution in [0.3, 0.4) is 0 Å². The molecule has 1 rings (SSSR count). The summed E-state index contributed by atoms with van der Waals surface area (Å²) in [5.74, 6) is 0.189. The number of Topliss-reactive ketones (excluding diaryl/α,β-unsaturated/α-hetero) is 1. The van der Waals surface area contributed by atoms with Gasteiger partial charge in [0.15, 0.2) is 0 Å². The Kier molecular flexibility index (Phi) is 7.48. The molecule has 148 valence electrons. The van der Waals surface area contributed by atoms with Gasteiger partial charge in [-0.1, -0.05) is 62.3 Å². The first-order valence-corrected chi connectivity index (χ1v) is 11.6. The molecular weight excluding hydrogens is 332 g/mol. The fraction of sp³-hybridized carbons (Fsp3) is 0.950. The molecule has 1 heterocycles. The number of rotatable bonds is 6. The van der Waals surface area contributed by atoms with Crippen molar-refractivity contribution in [2.75, 3.05) is 0 Å². The molecule has 1 saturated heterocycles. The maximum atomic E-state index is 12.5. The molecule has 0 aromatic rings. The minimum absolute atomic E-state index is 0.0855. The van der Waals surface area contributed by atoms with Crippen molar-refractivity contribution in [2.24, 2.45) is 5.92 Å². The normalized spacial score (nSPS) is 25.9. The molecular formula is C20H40O4Si. The summed E-state index contributed by atoms with van der Waals surface area (Å²) in [6.45, 7) is 19.2. The Morgan fingerprint density at radius 2 is 1.56 bits per heavy atom. The van der Waals surface area contributed by atoms with Crippen molar-refractivity contribution in [3.05, 3.63) is 0 Å². The second kappa shape index (κ2) is 8.20. The molecule has 0 spiro atoms. The maximum Gasteiger partial charge on any atom is 0.349 e. The van der Waals surface area contributed by atoms with Gasteiger partial charge in [0.25, 0.3) is 0 Å². The molecule has 1 N–H and O–H groups in total. The quantitative estimate of drug-likeness (QED) is 0.668. The zero-order valence-electron chi connectivity index (χ0n) is 17.8. The average Bonchev–Trinajstić information content (AvgIpc) is 2.43. The Labute approximate surface area is 155 Å². The smallest absolute Gasteiger partial charge is 0.349 e. The van der Waals surface area contributed by atoms with Gasteiger partial charge in [0.1, 0.15) is 5.78 Å². The highest BCUT2D eigenvalue weighted by atomic mass is 28.4. The van der Waals surface area contributed by atoms with Crippen molar-refractivity contribution in [3.8, 4) is 0 Å². The van der Waals surface area contributed by atoms with Crippen molar-refractivity contribution in [2.45, 2.75) is 116 Å². The molecule has 1 aliphatic heterocycles. The van der Waals surface area contributed by atoms with Crippen LogP contribution in [0, 0.1) is 5.92 Å². The summed E-state index contributed by atoms with van der Waals surface area (Å²) in [6, 6.07) is 0. The SMILES string of the molecule is CC[C@@H]1C[C@@H](CC(=O)C[C@@H](O)C(C)C)O[Si](C(C)(C)C)(C(C)(C)C)O1. The second-order valence-electron chi connectivity index (χ2n) is 10.00. The Balaban J connectivity index is 3.00. The molecule has 0 radical (unpaired) electrons. The molecule has 0 unspecified atom stereocenters. The third-order valence-electron chi connectivity index (χ3n) is 5.28. The Morgan fingerprint density at radius 3 is 1.96 bits per heavy atom. The van der Waals surface area contributed by atoms with E-state index in [1.54, 1.807) is 0 Å². The van der Waals surface area contributed by atoms with Crippen LogP contribution in [0.4, 0.5) is 0 Å². The van der Waals surface area contributed by atoms with Crippen LogP contribution in [-0.4, -0.2) is 37.8 Å². The van der Waals surface area contributed by atoms with E-state index in [2.05, 4.69) is 48.5 Å². The van der Waals surface area contributed by atoms with Gasteiger partial charge >= 0.3 is 8.56 Å². The fourth-order valence-corrected chi connectivity index (χ4v) is 9.00. The summed E-state index contributed by atoms with van der Waals surface area (Å²) < 4.78 is 13.3. The fourth-order valence-electron chi connectivity index (χ4n) is 3.90. The van der Waals surface area contributed by atoms with Crippen molar-refractivity contribution in [3.63, 3.8) is 0 Å². The Bertz CT molecular complexity index is 434. The summed E-state index contributed by atoms with van der Waals surface area (Å²) >= 11 is 0. The summed E-state index contributed by atoms with van der Waals surface area (Å²) in [4.78, 5) is 12.5. The van der Waals surface area contributed by atoms with E-state index in [-0.39, 0.29) is 40.4 Å². The van der Waals surface area contributed by atoms with Gasteiger partial charge in [0.05, 0.1) is 12.2 Å². The molecule has 0 amide bonds. The van der Waals surface area contributed by atoms with Crippen molar-refractivity contribution in [1.29, 1.82) is 0 Å². The third kappa shape index (κ3) is 5.38. The molecule has 0 aliphatic carbocycles. The van der Waals surface area contributed by atoms with E-state index in [9.17, 15) is 9.90 Å². The van der Waals surface area contributed by atoms with Gasteiger partial charge in [0.2, 0.25) is 0 Å². The molecule has 3 atom stereocenters. The lowest BCUT2D eigenvalue weighted by atomic mass is 9.97. The molecule has 1 fully saturated rings. The highest BCUT2D eigenvalue weighted by molar-refractivity contribution is 6.73. The second-order valence-corrected chi connectivity index (χ2v) is 14.7. The monoisotopic (exact) mass is 372 g/mol. The summed E-state index contributed by atoms with van der Waals surface area (Å²) in [6.07, 6.45) is 1.77. The van der Waals surface area contributed by atoms with Crippen LogP contribution in [0.1, 0.15) is 88.0 Å². The van der Waals surface area contributed by atoms with E-state index in [0.717, 1.165) is 12.8 Å². The van der Waals surface area contributed by atoms with Gasteiger partial charge < -0.3 is 14.0 Å². The summed E-state index contributed by atoms with van der Waals surface area (Å²) in [7, 11) is -2.58. The molecule has 0 bridgehead atoms. The highest BCUT2D eigenvalue weighted by Crippen LogP contribution is 2.55. The summed E-state index contributed by atoms with van der Waals surface area (Å²) in [5, 5.41) is 9.84. The lowest BCUT2D eigenvalue weighted by molar-refractivity contribution is -0.125. The predicted octanol–water partition coefficient (Wildman–Crippen LogP) is 4.98. The van der Waals surface area contributed by atoms with Gasteiger partial charge in [0, 0.05) is 29.0 Å². The number of aliphatic hydroxyl groups is 1. The third-order valence-corrected chi connectivity index (χ3v) is 10.6. The van der Waals surface area contributed by atoms with E-state index in [4.69, 9.17) is 8.85 Å². The number of hydrogen-bond acceptors (Lipinski definition) is 4. The van der Waals surface area contributed by atoms with Crippen LogP contribution in [0.15, 0.2) is 0 Å². The predicted molar refractivity (Wildman–Crippen MR) is 105 cm³/mol. The van der Waals surface area contributed by atoms with E-state index >= 15 is 0 Å². The summed E-state index contributed by atoms with van der Waals surface area (Å²) in [5.41, 5.74) is 0. The van der Waals surface area contributed by atoms with Crippen LogP contribution in [-0.2, 0) is 13.6 Å². The molecule has 25 heavy (non-hydrogen) atoms.